The Morgan fingerprint density at radius 2 is 1.70 bits per heavy atom. The third-order valence-electron chi connectivity index (χ3n) is 3.68. The van der Waals surface area contributed by atoms with Crippen LogP contribution in [0.15, 0.2) is 30.3 Å². The van der Waals surface area contributed by atoms with Crippen LogP contribution >= 0.6 is 11.6 Å². The molecule has 0 bridgehead atoms. The maximum absolute atomic E-state index is 14.4. The number of hydrogen-bond donors (Lipinski definition) is 1. The number of benzene rings is 2. The summed E-state index contributed by atoms with van der Waals surface area (Å²) in [4.78, 5) is 0. The molecule has 0 spiro atoms. The quantitative estimate of drug-likeness (QED) is 0.863. The van der Waals surface area contributed by atoms with Gasteiger partial charge in [0.2, 0.25) is 0 Å². The lowest BCUT2D eigenvalue weighted by Crippen LogP contribution is -2.20. The van der Waals surface area contributed by atoms with Gasteiger partial charge in [-0.05, 0) is 56.1 Å². The van der Waals surface area contributed by atoms with Crippen LogP contribution in [0.5, 0.6) is 0 Å². The summed E-state index contributed by atoms with van der Waals surface area (Å²) in [5.41, 5.74) is 4.43. The molecule has 0 aromatic heterocycles. The van der Waals surface area contributed by atoms with E-state index in [0.717, 1.165) is 21.7 Å². The van der Waals surface area contributed by atoms with E-state index in [1.165, 1.54) is 0 Å². The maximum atomic E-state index is 14.4. The Balaban J connectivity index is 2.58. The van der Waals surface area contributed by atoms with Crippen molar-refractivity contribution in [1.82, 2.24) is 5.32 Å². The van der Waals surface area contributed by atoms with Crippen molar-refractivity contribution < 1.29 is 4.39 Å². The van der Waals surface area contributed by atoms with E-state index >= 15 is 0 Å². The highest BCUT2D eigenvalue weighted by Gasteiger charge is 2.19. The fourth-order valence-electron chi connectivity index (χ4n) is 2.49. The fourth-order valence-corrected chi connectivity index (χ4v) is 2.70. The molecule has 2 aromatic carbocycles. The van der Waals surface area contributed by atoms with E-state index in [0.29, 0.717) is 11.1 Å². The summed E-state index contributed by atoms with van der Waals surface area (Å²) in [6, 6.07) is 9.28. The lowest BCUT2D eigenvalue weighted by molar-refractivity contribution is 0.568. The standard InChI is InChI=1S/C17H19ClFN/c1-10-6-5-7-13(16(10)19)17(20-4)14-8-12(3)15(18)9-11(14)2/h5-9,17,20H,1-4H3. The molecule has 0 amide bonds. The van der Waals surface area contributed by atoms with Crippen molar-refractivity contribution >= 4 is 11.6 Å². The van der Waals surface area contributed by atoms with Gasteiger partial charge in [0, 0.05) is 10.6 Å². The predicted octanol–water partition coefficient (Wildman–Crippen LogP) is 4.71. The van der Waals surface area contributed by atoms with E-state index in [4.69, 9.17) is 11.6 Å². The topological polar surface area (TPSA) is 12.0 Å². The van der Waals surface area contributed by atoms with E-state index < -0.39 is 0 Å². The van der Waals surface area contributed by atoms with Gasteiger partial charge >= 0.3 is 0 Å². The average Bonchev–Trinajstić information content (AvgIpc) is 2.41. The molecule has 0 aliphatic rings. The van der Waals surface area contributed by atoms with Crippen molar-refractivity contribution in [2.24, 2.45) is 0 Å². The molecule has 106 valence electrons. The van der Waals surface area contributed by atoms with Crippen LogP contribution in [0.2, 0.25) is 5.02 Å². The van der Waals surface area contributed by atoms with Gasteiger partial charge < -0.3 is 5.32 Å². The van der Waals surface area contributed by atoms with Gasteiger partial charge in [-0.2, -0.15) is 0 Å². The van der Waals surface area contributed by atoms with Crippen molar-refractivity contribution in [3.63, 3.8) is 0 Å². The van der Waals surface area contributed by atoms with Gasteiger partial charge in [0.15, 0.2) is 0 Å². The van der Waals surface area contributed by atoms with Gasteiger partial charge in [-0.15, -0.1) is 0 Å². The Kier molecular flexibility index (Phi) is 4.46. The number of hydrogen-bond acceptors (Lipinski definition) is 1. The van der Waals surface area contributed by atoms with Gasteiger partial charge in [0.05, 0.1) is 6.04 Å². The normalized spacial score (nSPS) is 12.5. The first kappa shape index (κ1) is 15.0. The van der Waals surface area contributed by atoms with Gasteiger partial charge in [-0.1, -0.05) is 35.9 Å². The van der Waals surface area contributed by atoms with Crippen molar-refractivity contribution in [2.45, 2.75) is 26.8 Å². The second-order valence-corrected chi connectivity index (χ2v) is 5.56. The first-order valence-electron chi connectivity index (χ1n) is 6.64. The first-order chi connectivity index (χ1) is 9.45. The Morgan fingerprint density at radius 1 is 1.00 bits per heavy atom. The van der Waals surface area contributed by atoms with Crippen LogP contribution in [0.3, 0.4) is 0 Å². The molecule has 0 saturated heterocycles. The maximum Gasteiger partial charge on any atom is 0.131 e. The SMILES string of the molecule is CNC(c1cc(C)c(Cl)cc1C)c1cccc(C)c1F. The minimum atomic E-state index is -0.175. The highest BCUT2D eigenvalue weighted by Crippen LogP contribution is 2.30. The van der Waals surface area contributed by atoms with E-state index in [2.05, 4.69) is 5.32 Å². The molecule has 1 unspecified atom stereocenters. The van der Waals surface area contributed by atoms with Crippen molar-refractivity contribution in [3.05, 3.63) is 69.0 Å². The smallest absolute Gasteiger partial charge is 0.131 e. The number of nitrogens with one attached hydrogen (secondary N) is 1. The van der Waals surface area contributed by atoms with E-state index in [9.17, 15) is 4.39 Å². The third-order valence-corrected chi connectivity index (χ3v) is 4.09. The summed E-state index contributed by atoms with van der Waals surface area (Å²) in [7, 11) is 1.84. The van der Waals surface area contributed by atoms with Crippen molar-refractivity contribution in [3.8, 4) is 0 Å². The van der Waals surface area contributed by atoms with Crippen LogP contribution in [0.25, 0.3) is 0 Å². The predicted molar refractivity (Wildman–Crippen MR) is 83.0 cm³/mol. The highest BCUT2D eigenvalue weighted by molar-refractivity contribution is 6.31. The van der Waals surface area contributed by atoms with Crippen molar-refractivity contribution in [1.29, 1.82) is 0 Å². The minimum Gasteiger partial charge on any atom is -0.309 e. The Hall–Kier alpha value is -1.38. The molecule has 3 heteroatoms. The van der Waals surface area contributed by atoms with Crippen LogP contribution < -0.4 is 5.32 Å². The van der Waals surface area contributed by atoms with Crippen LogP contribution in [0.4, 0.5) is 4.39 Å². The van der Waals surface area contributed by atoms with Gasteiger partial charge in [0.1, 0.15) is 5.82 Å². The van der Waals surface area contributed by atoms with Crippen molar-refractivity contribution in [2.75, 3.05) is 7.05 Å². The summed E-state index contributed by atoms with van der Waals surface area (Å²) in [5.74, 6) is -0.154. The third kappa shape index (κ3) is 2.72. The van der Waals surface area contributed by atoms with E-state index in [1.54, 1.807) is 13.0 Å². The second-order valence-electron chi connectivity index (χ2n) is 5.16. The van der Waals surface area contributed by atoms with Crippen LogP contribution in [-0.2, 0) is 0 Å². The zero-order valence-electron chi connectivity index (χ0n) is 12.2. The lowest BCUT2D eigenvalue weighted by Gasteiger charge is -2.21. The summed E-state index contributed by atoms with van der Waals surface area (Å²) in [6.07, 6.45) is 0. The van der Waals surface area contributed by atoms with E-state index in [1.807, 2.05) is 45.2 Å². The largest absolute Gasteiger partial charge is 0.309 e. The molecule has 1 atom stereocenters. The molecule has 0 heterocycles. The molecule has 1 nitrogen and oxygen atoms in total. The van der Waals surface area contributed by atoms with E-state index in [-0.39, 0.29) is 11.9 Å². The number of halogens is 2. The van der Waals surface area contributed by atoms with Crippen LogP contribution in [-0.4, -0.2) is 7.05 Å². The molecule has 2 aromatic rings. The first-order valence-corrected chi connectivity index (χ1v) is 7.02. The summed E-state index contributed by atoms with van der Waals surface area (Å²) < 4.78 is 14.4. The lowest BCUT2D eigenvalue weighted by atomic mass is 9.92. The zero-order valence-corrected chi connectivity index (χ0v) is 13.0. The molecule has 0 saturated carbocycles. The molecular weight excluding hydrogens is 273 g/mol. The molecule has 2 rings (SSSR count). The molecule has 0 aliphatic carbocycles. The minimum absolute atomic E-state index is 0.154. The molecule has 20 heavy (non-hydrogen) atoms. The second kappa shape index (κ2) is 5.94. The summed E-state index contributed by atoms with van der Waals surface area (Å²) >= 11 is 6.14. The number of aryl methyl sites for hydroxylation is 3. The Bertz CT molecular complexity index is 637. The summed E-state index contributed by atoms with van der Waals surface area (Å²) in [5, 5.41) is 3.95. The van der Waals surface area contributed by atoms with Crippen LogP contribution in [0.1, 0.15) is 33.9 Å². The van der Waals surface area contributed by atoms with Crippen LogP contribution in [0, 0.1) is 26.6 Å². The number of rotatable bonds is 3. The van der Waals surface area contributed by atoms with Gasteiger partial charge in [0.25, 0.3) is 0 Å². The van der Waals surface area contributed by atoms with Gasteiger partial charge in [-0.25, -0.2) is 4.39 Å². The fraction of sp³-hybridized carbons (Fsp3) is 0.294. The molecule has 1 N–H and O–H groups in total. The molecule has 0 radical (unpaired) electrons. The Morgan fingerprint density at radius 3 is 2.35 bits per heavy atom. The highest BCUT2D eigenvalue weighted by atomic mass is 35.5. The monoisotopic (exact) mass is 291 g/mol. The molecule has 0 aliphatic heterocycles. The summed E-state index contributed by atoms with van der Waals surface area (Å²) in [6.45, 7) is 5.74. The molecule has 0 fully saturated rings. The zero-order chi connectivity index (χ0) is 14.9. The molecular formula is C17H19ClFN. The van der Waals surface area contributed by atoms with Gasteiger partial charge in [-0.3, -0.25) is 0 Å². The Labute approximate surface area is 124 Å². The average molecular weight is 292 g/mol.